The normalized spacial score (nSPS) is 11.2. The Balaban J connectivity index is 2.08. The maximum absolute atomic E-state index is 11.7. The largest absolute Gasteiger partial charge is 0.288 e. The Bertz CT molecular complexity index is 556. The van der Waals surface area contributed by atoms with Crippen LogP contribution in [0.4, 0.5) is 0 Å². The molecule has 0 aliphatic heterocycles. The third kappa shape index (κ3) is 3.05. The summed E-state index contributed by atoms with van der Waals surface area (Å²) < 4.78 is 2.44. The van der Waals surface area contributed by atoms with Gasteiger partial charge in [-0.25, -0.2) is 0 Å². The number of aryl methyl sites for hydroxylation is 1. The smallest absolute Gasteiger partial charge is 0.195 e. The monoisotopic (exact) mass is 266 g/mol. The Morgan fingerprint density at radius 2 is 2.41 bits per heavy atom. The van der Waals surface area contributed by atoms with E-state index in [-0.39, 0.29) is 5.78 Å². The van der Waals surface area contributed by atoms with Gasteiger partial charge in [-0.2, -0.15) is 5.10 Å². The van der Waals surface area contributed by atoms with E-state index in [2.05, 4.69) is 5.10 Å². The van der Waals surface area contributed by atoms with Gasteiger partial charge in [0, 0.05) is 18.3 Å². The molecule has 0 atom stereocenters. The van der Waals surface area contributed by atoms with Gasteiger partial charge in [-0.15, -0.1) is 11.3 Å². The highest BCUT2D eigenvalue weighted by molar-refractivity contribution is 7.18. The number of hydrogen-bond acceptors (Lipinski definition) is 3. The Morgan fingerprint density at radius 3 is 3.00 bits per heavy atom. The molecular weight excluding hydrogens is 256 g/mol. The first-order valence-corrected chi connectivity index (χ1v) is 6.38. The molecule has 88 valence electrons. The number of carbonyl (C=O) groups excluding carboxylic acids is 1. The van der Waals surface area contributed by atoms with Crippen LogP contribution in [0.2, 0.25) is 4.34 Å². The van der Waals surface area contributed by atoms with Gasteiger partial charge in [-0.05, 0) is 31.2 Å². The number of nitrogens with zero attached hydrogens (tertiary/aromatic N) is 2. The van der Waals surface area contributed by atoms with Gasteiger partial charge < -0.3 is 0 Å². The Labute approximate surface area is 108 Å². The fourth-order valence-electron chi connectivity index (χ4n) is 1.34. The molecule has 0 amide bonds. The highest BCUT2D eigenvalue weighted by Crippen LogP contribution is 2.22. The van der Waals surface area contributed by atoms with Gasteiger partial charge in [0.1, 0.15) is 0 Å². The summed E-state index contributed by atoms with van der Waals surface area (Å²) in [7, 11) is 0. The van der Waals surface area contributed by atoms with E-state index in [4.69, 9.17) is 11.6 Å². The van der Waals surface area contributed by atoms with Crippen molar-refractivity contribution < 1.29 is 4.79 Å². The van der Waals surface area contributed by atoms with E-state index in [1.54, 1.807) is 30.5 Å². The highest BCUT2D eigenvalue weighted by atomic mass is 35.5. The van der Waals surface area contributed by atoms with Crippen molar-refractivity contribution in [3.05, 3.63) is 45.4 Å². The molecule has 0 aromatic carbocycles. The molecule has 0 saturated carbocycles. The number of halogens is 1. The summed E-state index contributed by atoms with van der Waals surface area (Å²) in [5, 5.41) is 4.13. The number of carbonyl (C=O) groups is 1. The van der Waals surface area contributed by atoms with Gasteiger partial charge in [0.05, 0.1) is 15.4 Å². The van der Waals surface area contributed by atoms with Gasteiger partial charge in [0.15, 0.2) is 5.78 Å². The van der Waals surface area contributed by atoms with Crippen molar-refractivity contribution in [1.29, 1.82) is 0 Å². The second-order valence-electron chi connectivity index (χ2n) is 3.43. The number of ketones is 1. The van der Waals surface area contributed by atoms with Crippen molar-refractivity contribution in [3.8, 4) is 0 Å². The van der Waals surface area contributed by atoms with Crippen LogP contribution < -0.4 is 0 Å². The van der Waals surface area contributed by atoms with Gasteiger partial charge in [-0.3, -0.25) is 9.48 Å². The van der Waals surface area contributed by atoms with Crippen LogP contribution >= 0.6 is 22.9 Å². The number of hydrogen-bond donors (Lipinski definition) is 0. The first-order valence-electron chi connectivity index (χ1n) is 5.19. The summed E-state index contributed by atoms with van der Waals surface area (Å²) in [6, 6.07) is 3.46. The lowest BCUT2D eigenvalue weighted by molar-refractivity contribution is 0.105. The van der Waals surface area contributed by atoms with Crippen LogP contribution in [-0.4, -0.2) is 15.6 Å². The van der Waals surface area contributed by atoms with Crippen LogP contribution in [0.15, 0.2) is 30.6 Å². The van der Waals surface area contributed by atoms with Crippen LogP contribution in [-0.2, 0) is 6.54 Å². The average Bonchev–Trinajstić information content (AvgIpc) is 2.94. The van der Waals surface area contributed by atoms with Crippen molar-refractivity contribution in [2.75, 3.05) is 0 Å². The van der Waals surface area contributed by atoms with Crippen LogP contribution in [0.3, 0.4) is 0 Å². The van der Waals surface area contributed by atoms with E-state index in [1.807, 2.05) is 17.8 Å². The molecule has 2 heterocycles. The van der Waals surface area contributed by atoms with E-state index in [9.17, 15) is 4.79 Å². The van der Waals surface area contributed by atoms with Crippen LogP contribution in [0.5, 0.6) is 0 Å². The zero-order valence-corrected chi connectivity index (χ0v) is 10.8. The van der Waals surface area contributed by atoms with E-state index in [0.29, 0.717) is 9.21 Å². The Morgan fingerprint density at radius 1 is 1.59 bits per heavy atom. The molecule has 17 heavy (non-hydrogen) atoms. The Hall–Kier alpha value is -1.39. The van der Waals surface area contributed by atoms with E-state index >= 15 is 0 Å². The maximum atomic E-state index is 11.7. The molecule has 0 radical (unpaired) electrons. The van der Waals surface area contributed by atoms with Gasteiger partial charge >= 0.3 is 0 Å². The molecule has 0 aliphatic rings. The van der Waals surface area contributed by atoms with Gasteiger partial charge in [0.25, 0.3) is 0 Å². The predicted octanol–water partition coefficient (Wildman–Crippen LogP) is 3.51. The summed E-state index contributed by atoms with van der Waals surface area (Å²) in [6.07, 6.45) is 6.92. The lowest BCUT2D eigenvalue weighted by Gasteiger charge is -1.89. The third-order valence-corrected chi connectivity index (χ3v) is 3.47. The molecule has 0 fully saturated rings. The fourth-order valence-corrected chi connectivity index (χ4v) is 2.30. The minimum absolute atomic E-state index is 0.0360. The van der Waals surface area contributed by atoms with Crippen molar-refractivity contribution >= 4 is 34.8 Å². The van der Waals surface area contributed by atoms with Crippen molar-refractivity contribution in [1.82, 2.24) is 9.78 Å². The topological polar surface area (TPSA) is 34.9 Å². The molecule has 0 aliphatic carbocycles. The zero-order valence-electron chi connectivity index (χ0n) is 9.26. The SMILES string of the molecule is CCn1cc(/C=C/C(=O)c2ccc(Cl)s2)cn1. The molecule has 2 aromatic rings. The fraction of sp³-hybridized carbons (Fsp3) is 0.167. The molecule has 5 heteroatoms. The summed E-state index contributed by atoms with van der Waals surface area (Å²) >= 11 is 7.06. The number of thiophene rings is 1. The molecule has 3 nitrogen and oxygen atoms in total. The minimum Gasteiger partial charge on any atom is -0.288 e. The van der Waals surface area contributed by atoms with Gasteiger partial charge in [0.2, 0.25) is 0 Å². The summed E-state index contributed by atoms with van der Waals surface area (Å²) in [5.41, 5.74) is 0.919. The first kappa shape index (κ1) is 12.1. The van der Waals surface area contributed by atoms with Crippen LogP contribution in [0, 0.1) is 0 Å². The summed E-state index contributed by atoms with van der Waals surface area (Å²) in [5.74, 6) is -0.0360. The second kappa shape index (κ2) is 5.29. The van der Waals surface area contributed by atoms with Gasteiger partial charge in [-0.1, -0.05) is 11.6 Å². The summed E-state index contributed by atoms with van der Waals surface area (Å²) in [4.78, 5) is 12.4. The predicted molar refractivity (Wildman–Crippen MR) is 70.6 cm³/mol. The molecule has 0 spiro atoms. The van der Waals surface area contributed by atoms with E-state index < -0.39 is 0 Å². The molecule has 0 bridgehead atoms. The number of aromatic nitrogens is 2. The number of rotatable bonds is 4. The molecule has 2 rings (SSSR count). The minimum atomic E-state index is -0.0360. The molecule has 0 unspecified atom stereocenters. The molecule has 0 N–H and O–H groups in total. The average molecular weight is 267 g/mol. The second-order valence-corrected chi connectivity index (χ2v) is 5.15. The number of allylic oxidation sites excluding steroid dienone is 1. The summed E-state index contributed by atoms with van der Waals surface area (Å²) in [6.45, 7) is 2.83. The quantitative estimate of drug-likeness (QED) is 0.627. The standard InChI is InChI=1S/C12H11ClN2OS/c1-2-15-8-9(7-14-15)3-4-10(16)11-5-6-12(13)17-11/h3-8H,2H2,1H3/b4-3+. The zero-order chi connectivity index (χ0) is 12.3. The van der Waals surface area contributed by atoms with Crippen LogP contribution in [0.1, 0.15) is 22.2 Å². The molecule has 0 saturated heterocycles. The lowest BCUT2D eigenvalue weighted by Crippen LogP contribution is -1.92. The van der Waals surface area contributed by atoms with E-state index in [1.165, 1.54) is 11.3 Å². The van der Waals surface area contributed by atoms with Crippen molar-refractivity contribution in [3.63, 3.8) is 0 Å². The molecule has 2 aromatic heterocycles. The lowest BCUT2D eigenvalue weighted by atomic mass is 10.2. The third-order valence-electron chi connectivity index (χ3n) is 2.22. The van der Waals surface area contributed by atoms with Crippen molar-refractivity contribution in [2.45, 2.75) is 13.5 Å². The Kier molecular flexibility index (Phi) is 3.76. The van der Waals surface area contributed by atoms with Crippen molar-refractivity contribution in [2.24, 2.45) is 0 Å². The molecular formula is C12H11ClN2OS. The van der Waals surface area contributed by atoms with Crippen LogP contribution in [0.25, 0.3) is 6.08 Å². The maximum Gasteiger partial charge on any atom is 0.195 e. The highest BCUT2D eigenvalue weighted by Gasteiger charge is 2.04. The first-order chi connectivity index (χ1) is 8.19. The van der Waals surface area contributed by atoms with E-state index in [0.717, 1.165) is 12.1 Å².